The summed E-state index contributed by atoms with van der Waals surface area (Å²) in [5.74, 6) is 1.42. The number of benzene rings is 1. The van der Waals surface area contributed by atoms with E-state index in [-0.39, 0.29) is 10.8 Å². The Kier molecular flexibility index (Phi) is 9.15. The van der Waals surface area contributed by atoms with Gasteiger partial charge in [0, 0.05) is 5.56 Å². The van der Waals surface area contributed by atoms with Crippen molar-refractivity contribution in [3.8, 4) is 5.75 Å². The number of phenols is 1. The fourth-order valence-electron chi connectivity index (χ4n) is 3.15. The Morgan fingerprint density at radius 2 is 1.35 bits per heavy atom. The van der Waals surface area contributed by atoms with Crippen LogP contribution < -0.4 is 0 Å². The molecule has 1 aromatic carbocycles. The van der Waals surface area contributed by atoms with Crippen molar-refractivity contribution in [2.24, 2.45) is 0 Å². The molecule has 26 heavy (non-hydrogen) atoms. The van der Waals surface area contributed by atoms with Gasteiger partial charge in [-0.1, -0.05) is 92.8 Å². The summed E-state index contributed by atoms with van der Waals surface area (Å²) in [6, 6.07) is 3.81. The molecule has 1 nitrogen and oxygen atoms in total. The van der Waals surface area contributed by atoms with Crippen LogP contribution in [0.2, 0.25) is 0 Å². The Labute approximate surface area is 171 Å². The van der Waals surface area contributed by atoms with Gasteiger partial charge in [-0.3, -0.25) is 0 Å². The van der Waals surface area contributed by atoms with Crippen LogP contribution in [0, 0.1) is 0 Å². The maximum Gasteiger partial charge on any atom is 0.116 e. The topological polar surface area (TPSA) is 20.2 Å². The SMILES string of the molecule is CCCCCCCCSC(=S)c1c(C(C)(C)C)cc(O)cc1C(C)(C)C. The van der Waals surface area contributed by atoms with Crippen LogP contribution in [0.15, 0.2) is 12.1 Å². The molecular weight excluding hydrogens is 356 g/mol. The predicted molar refractivity (Wildman–Crippen MR) is 123 cm³/mol. The second-order valence-electron chi connectivity index (χ2n) is 9.32. The van der Waals surface area contributed by atoms with Gasteiger partial charge >= 0.3 is 0 Å². The molecule has 0 aliphatic carbocycles. The highest BCUT2D eigenvalue weighted by Gasteiger charge is 2.28. The lowest BCUT2D eigenvalue weighted by atomic mass is 9.76. The summed E-state index contributed by atoms with van der Waals surface area (Å²) >= 11 is 7.69. The van der Waals surface area contributed by atoms with Crippen molar-refractivity contribution in [2.75, 3.05) is 5.75 Å². The first-order valence-electron chi connectivity index (χ1n) is 10.0. The Balaban J connectivity index is 2.96. The van der Waals surface area contributed by atoms with Gasteiger partial charge < -0.3 is 5.11 Å². The molecule has 0 aliphatic heterocycles. The van der Waals surface area contributed by atoms with Crippen molar-refractivity contribution in [3.63, 3.8) is 0 Å². The average Bonchev–Trinajstić information content (AvgIpc) is 2.51. The molecule has 0 spiro atoms. The predicted octanol–water partition coefficient (Wildman–Crippen LogP) is 7.76. The first-order valence-corrected chi connectivity index (χ1v) is 11.4. The van der Waals surface area contributed by atoms with E-state index in [1.807, 2.05) is 23.9 Å². The second kappa shape index (κ2) is 10.1. The number of hydrogen-bond acceptors (Lipinski definition) is 3. The molecule has 1 aromatic rings. The zero-order valence-electron chi connectivity index (χ0n) is 17.9. The van der Waals surface area contributed by atoms with Gasteiger partial charge in [0.2, 0.25) is 0 Å². The molecule has 0 unspecified atom stereocenters. The molecule has 0 bridgehead atoms. The summed E-state index contributed by atoms with van der Waals surface area (Å²) in [7, 11) is 0. The summed E-state index contributed by atoms with van der Waals surface area (Å²) in [6.45, 7) is 15.4. The summed E-state index contributed by atoms with van der Waals surface area (Å²) in [5.41, 5.74) is 3.37. The molecule has 0 saturated carbocycles. The first-order chi connectivity index (χ1) is 12.0. The maximum absolute atomic E-state index is 10.3. The van der Waals surface area contributed by atoms with E-state index in [0.717, 1.165) is 21.1 Å². The van der Waals surface area contributed by atoms with Crippen molar-refractivity contribution in [1.82, 2.24) is 0 Å². The summed E-state index contributed by atoms with van der Waals surface area (Å²) in [5, 5.41) is 10.3. The molecule has 0 saturated heterocycles. The number of hydrogen-bond donors (Lipinski definition) is 1. The minimum atomic E-state index is -0.0567. The van der Waals surface area contributed by atoms with E-state index in [1.165, 1.54) is 44.1 Å². The van der Waals surface area contributed by atoms with E-state index in [2.05, 4.69) is 48.5 Å². The summed E-state index contributed by atoms with van der Waals surface area (Å²) in [4.78, 5) is 0. The quantitative estimate of drug-likeness (QED) is 0.359. The Hall–Kier alpha value is -0.540. The molecule has 0 amide bonds. The van der Waals surface area contributed by atoms with Crippen LogP contribution in [0.1, 0.15) is 104 Å². The normalized spacial score (nSPS) is 12.4. The Morgan fingerprint density at radius 3 is 1.81 bits per heavy atom. The number of unbranched alkanes of at least 4 members (excludes halogenated alkanes) is 5. The van der Waals surface area contributed by atoms with E-state index in [4.69, 9.17) is 12.2 Å². The lowest BCUT2D eigenvalue weighted by Gasteiger charge is -2.30. The van der Waals surface area contributed by atoms with Gasteiger partial charge in [-0.05, 0) is 46.3 Å². The summed E-state index contributed by atoms with van der Waals surface area (Å²) in [6.07, 6.45) is 7.85. The molecule has 0 atom stereocenters. The molecule has 1 N–H and O–H groups in total. The largest absolute Gasteiger partial charge is 0.508 e. The van der Waals surface area contributed by atoms with Crippen LogP contribution in [0.4, 0.5) is 0 Å². The maximum atomic E-state index is 10.3. The number of rotatable bonds is 8. The first kappa shape index (κ1) is 23.5. The van der Waals surface area contributed by atoms with Crippen LogP contribution >= 0.6 is 24.0 Å². The number of thiocarbonyl (C=S) groups is 1. The van der Waals surface area contributed by atoms with Gasteiger partial charge in [0.15, 0.2) is 0 Å². The highest BCUT2D eigenvalue weighted by molar-refractivity contribution is 8.23. The zero-order valence-corrected chi connectivity index (χ0v) is 19.5. The average molecular weight is 395 g/mol. The van der Waals surface area contributed by atoms with Crippen molar-refractivity contribution in [3.05, 3.63) is 28.8 Å². The zero-order chi connectivity index (χ0) is 20.0. The van der Waals surface area contributed by atoms with Gasteiger partial charge in [0.1, 0.15) is 5.75 Å². The smallest absolute Gasteiger partial charge is 0.116 e. The van der Waals surface area contributed by atoms with Crippen LogP contribution in [0.3, 0.4) is 0 Å². The molecular formula is C23H38OS2. The summed E-state index contributed by atoms with van der Waals surface area (Å²) < 4.78 is 0.980. The fraction of sp³-hybridized carbons (Fsp3) is 0.696. The van der Waals surface area contributed by atoms with Crippen molar-refractivity contribution < 1.29 is 5.11 Å². The van der Waals surface area contributed by atoms with Gasteiger partial charge in [0.25, 0.3) is 0 Å². The third-order valence-electron chi connectivity index (χ3n) is 4.67. The number of phenolic OH excluding ortho intramolecular Hbond substituents is 1. The van der Waals surface area contributed by atoms with Gasteiger partial charge in [-0.15, -0.1) is 11.8 Å². The molecule has 0 heterocycles. The minimum Gasteiger partial charge on any atom is -0.508 e. The highest BCUT2D eigenvalue weighted by Crippen LogP contribution is 2.39. The van der Waals surface area contributed by atoms with Gasteiger partial charge in [0.05, 0.1) is 4.20 Å². The molecule has 0 radical (unpaired) electrons. The van der Waals surface area contributed by atoms with Crippen molar-refractivity contribution in [2.45, 2.75) is 97.8 Å². The van der Waals surface area contributed by atoms with Crippen molar-refractivity contribution >= 4 is 28.2 Å². The lowest BCUT2D eigenvalue weighted by molar-refractivity contribution is 0.465. The van der Waals surface area contributed by atoms with Crippen LogP contribution in [0.5, 0.6) is 5.75 Å². The lowest BCUT2D eigenvalue weighted by Crippen LogP contribution is -2.22. The Morgan fingerprint density at radius 1 is 0.885 bits per heavy atom. The molecule has 3 heteroatoms. The number of aromatic hydroxyl groups is 1. The fourth-order valence-corrected chi connectivity index (χ4v) is 4.52. The minimum absolute atomic E-state index is 0.0567. The molecule has 0 fully saturated rings. The number of thioether (sulfide) groups is 1. The van der Waals surface area contributed by atoms with Crippen LogP contribution in [-0.4, -0.2) is 15.1 Å². The van der Waals surface area contributed by atoms with E-state index < -0.39 is 0 Å². The molecule has 0 aliphatic rings. The Bertz CT molecular complexity index is 556. The van der Waals surface area contributed by atoms with Gasteiger partial charge in [-0.2, -0.15) is 0 Å². The second-order valence-corrected chi connectivity index (χ2v) is 11.1. The van der Waals surface area contributed by atoms with Crippen LogP contribution in [0.25, 0.3) is 0 Å². The monoisotopic (exact) mass is 394 g/mol. The standard InChI is InChI=1S/C23H38OS2/c1-8-9-10-11-12-13-14-26-21(25)20-18(22(2,3)4)15-17(24)16-19(20)23(5,6)7/h15-16,24H,8-14H2,1-7H3. The van der Waals surface area contributed by atoms with E-state index in [9.17, 15) is 5.11 Å². The molecule has 1 rings (SSSR count). The van der Waals surface area contributed by atoms with Crippen LogP contribution in [-0.2, 0) is 10.8 Å². The van der Waals surface area contributed by atoms with E-state index >= 15 is 0 Å². The van der Waals surface area contributed by atoms with Gasteiger partial charge in [-0.25, -0.2) is 0 Å². The van der Waals surface area contributed by atoms with Crippen molar-refractivity contribution in [1.29, 1.82) is 0 Å². The molecule has 0 aromatic heterocycles. The third kappa shape index (κ3) is 7.23. The van der Waals surface area contributed by atoms with E-state index in [0.29, 0.717) is 5.75 Å². The third-order valence-corrected chi connectivity index (χ3v) is 6.19. The highest BCUT2D eigenvalue weighted by atomic mass is 32.2. The van der Waals surface area contributed by atoms with E-state index in [1.54, 1.807) is 0 Å². The molecule has 148 valence electrons.